The number of carbonyl (C=O) groups excluding carboxylic acids is 1. The average molecular weight is 534 g/mol. The zero-order chi connectivity index (χ0) is 26.3. The lowest BCUT2D eigenvalue weighted by Gasteiger charge is -2.38. The molecule has 1 atom stereocenters. The van der Waals surface area contributed by atoms with Gasteiger partial charge in [0.1, 0.15) is 0 Å². The van der Waals surface area contributed by atoms with Gasteiger partial charge in [-0.05, 0) is 52.3 Å². The number of hydrogen-bond donors (Lipinski definition) is 1. The number of nitrogens with zero attached hydrogens (tertiary/aromatic N) is 4. The fourth-order valence-corrected chi connectivity index (χ4v) is 6.97. The van der Waals surface area contributed by atoms with Gasteiger partial charge in [0.15, 0.2) is 0 Å². The predicted octanol–water partition coefficient (Wildman–Crippen LogP) is 6.03. The largest absolute Gasteiger partial charge is 0.369 e. The van der Waals surface area contributed by atoms with Crippen LogP contribution < -0.4 is 5.73 Å². The summed E-state index contributed by atoms with van der Waals surface area (Å²) in [4.78, 5) is 26.4. The number of aryl methyl sites for hydroxylation is 1. The highest BCUT2D eigenvalue weighted by Gasteiger charge is 2.24. The Kier molecular flexibility index (Phi) is 14.6. The molecule has 1 unspecified atom stereocenters. The van der Waals surface area contributed by atoms with Crippen LogP contribution in [-0.4, -0.2) is 65.5 Å². The molecule has 1 saturated heterocycles. The maximum atomic E-state index is 10.4. The first-order valence-corrected chi connectivity index (χ1v) is 15.2. The van der Waals surface area contributed by atoms with Crippen LogP contribution in [0.4, 0.5) is 0 Å². The first kappa shape index (κ1) is 30.7. The van der Waals surface area contributed by atoms with Crippen molar-refractivity contribution in [3.8, 4) is 0 Å². The van der Waals surface area contributed by atoms with E-state index in [4.69, 9.17) is 5.73 Å². The molecule has 1 saturated carbocycles. The lowest BCUT2D eigenvalue weighted by Crippen LogP contribution is -2.45. The monoisotopic (exact) mass is 533 g/mol. The number of likely N-dealkylation sites (tertiary alicyclic amines) is 1. The number of carbonyl (C=O) groups is 1. The first-order chi connectivity index (χ1) is 17.4. The summed E-state index contributed by atoms with van der Waals surface area (Å²) in [5.74, 6) is 1.83. The Morgan fingerprint density at radius 1 is 1.19 bits per heavy atom. The molecule has 0 spiro atoms. The van der Waals surface area contributed by atoms with Crippen LogP contribution in [0.25, 0.3) is 0 Å². The fraction of sp³-hybridized carbons (Fsp3) is 0.679. The molecular weight excluding hydrogens is 486 g/mol. The summed E-state index contributed by atoms with van der Waals surface area (Å²) in [6, 6.07) is 0.774. The van der Waals surface area contributed by atoms with E-state index in [1.165, 1.54) is 99.5 Å². The zero-order valence-corrected chi connectivity index (χ0v) is 24.2. The van der Waals surface area contributed by atoms with Gasteiger partial charge in [-0.2, -0.15) is 0 Å². The highest BCUT2D eigenvalue weighted by Crippen LogP contribution is 2.32. The topological polar surface area (TPSA) is 74.8 Å². The molecule has 2 aliphatic heterocycles. The lowest BCUT2D eigenvalue weighted by molar-refractivity contribution is -0.117. The number of hydrogen-bond acceptors (Lipinski definition) is 7. The Balaban J connectivity index is 0.000000318. The van der Waals surface area contributed by atoms with Crippen LogP contribution in [0.3, 0.4) is 0 Å². The van der Waals surface area contributed by atoms with Crippen LogP contribution in [0.15, 0.2) is 34.9 Å². The van der Waals surface area contributed by atoms with Gasteiger partial charge in [-0.1, -0.05) is 32.1 Å². The summed E-state index contributed by atoms with van der Waals surface area (Å²) in [5.41, 5.74) is 6.25. The van der Waals surface area contributed by atoms with Crippen molar-refractivity contribution in [1.82, 2.24) is 14.8 Å². The Bertz CT molecular complexity index is 834. The summed E-state index contributed by atoms with van der Waals surface area (Å²) in [6.07, 6.45) is 14.4. The third-order valence-electron chi connectivity index (χ3n) is 7.29. The lowest BCUT2D eigenvalue weighted by atomic mass is 9.87. The molecule has 2 fully saturated rings. The van der Waals surface area contributed by atoms with Crippen molar-refractivity contribution in [2.45, 2.75) is 84.1 Å². The van der Waals surface area contributed by atoms with Crippen molar-refractivity contribution in [2.24, 2.45) is 16.6 Å². The fourth-order valence-electron chi connectivity index (χ4n) is 4.89. The first-order valence-electron chi connectivity index (χ1n) is 13.4. The van der Waals surface area contributed by atoms with Crippen molar-refractivity contribution >= 4 is 35.7 Å². The smallest absolute Gasteiger partial charge is 0.222 e. The molecule has 0 radical (unpaired) electrons. The predicted molar refractivity (Wildman–Crippen MR) is 158 cm³/mol. The number of thiazole rings is 1. The molecule has 36 heavy (non-hydrogen) atoms. The molecule has 0 bridgehead atoms. The van der Waals surface area contributed by atoms with E-state index in [1.54, 1.807) is 6.20 Å². The number of aromatic nitrogens is 1. The third-order valence-corrected chi connectivity index (χ3v) is 9.45. The second-order valence-corrected chi connectivity index (χ2v) is 12.2. The van der Waals surface area contributed by atoms with Crippen molar-refractivity contribution in [1.29, 1.82) is 0 Å². The van der Waals surface area contributed by atoms with Gasteiger partial charge in [-0.25, -0.2) is 4.98 Å². The van der Waals surface area contributed by atoms with Gasteiger partial charge in [0.25, 0.3) is 0 Å². The Hall–Kier alpha value is -1.48. The van der Waals surface area contributed by atoms with E-state index in [2.05, 4.69) is 46.6 Å². The standard InChI is InChI=1S/C20H35N3S.C6H8N2OS.C2H4/c1-17-8-15-23(17)16-24-20-11-14-22(13-10-19(20)21-2)12-9-18-6-4-3-5-7-18;1-4-8-3-5(10-4)2-6(7)9;1-2/h17-18H,2-16H2,1H3;3H,2H2,1H3,(H2,7,9);1-2H2. The Morgan fingerprint density at radius 2 is 1.92 bits per heavy atom. The minimum atomic E-state index is -0.302. The van der Waals surface area contributed by atoms with Crippen LogP contribution >= 0.6 is 23.1 Å². The minimum Gasteiger partial charge on any atom is -0.369 e. The molecule has 2 N–H and O–H groups in total. The molecule has 8 heteroatoms. The molecule has 1 amide bonds. The van der Waals surface area contributed by atoms with Crippen molar-refractivity contribution in [3.63, 3.8) is 0 Å². The van der Waals surface area contributed by atoms with E-state index in [0.717, 1.165) is 34.1 Å². The molecule has 4 rings (SSSR count). The maximum absolute atomic E-state index is 10.4. The van der Waals surface area contributed by atoms with Gasteiger partial charge >= 0.3 is 0 Å². The van der Waals surface area contributed by atoms with E-state index in [9.17, 15) is 4.79 Å². The zero-order valence-electron chi connectivity index (χ0n) is 22.6. The molecule has 1 aromatic rings. The molecule has 3 heterocycles. The molecule has 6 nitrogen and oxygen atoms in total. The summed E-state index contributed by atoms with van der Waals surface area (Å²) in [6.45, 7) is 19.0. The summed E-state index contributed by atoms with van der Waals surface area (Å²) >= 11 is 3.53. The highest BCUT2D eigenvalue weighted by atomic mass is 32.2. The average Bonchev–Trinajstić information content (AvgIpc) is 3.18. The second-order valence-electron chi connectivity index (χ2n) is 9.87. The SMILES string of the molecule is C=C.C=NC1=C(SCN2CCC2C)CCN(CCC2CCCCC2)CC1.Cc1ncc(CC(N)=O)s1. The van der Waals surface area contributed by atoms with Gasteiger partial charge in [-0.3, -0.25) is 14.7 Å². The van der Waals surface area contributed by atoms with Gasteiger partial charge in [0, 0.05) is 54.0 Å². The third kappa shape index (κ3) is 10.9. The van der Waals surface area contributed by atoms with Crippen molar-refractivity contribution in [2.75, 3.05) is 32.1 Å². The van der Waals surface area contributed by atoms with Crippen LogP contribution in [0, 0.1) is 12.8 Å². The van der Waals surface area contributed by atoms with E-state index >= 15 is 0 Å². The molecular formula is C28H47N5OS2. The van der Waals surface area contributed by atoms with Crippen LogP contribution in [-0.2, 0) is 11.2 Å². The molecule has 3 aliphatic rings. The number of primary amides is 1. The highest BCUT2D eigenvalue weighted by molar-refractivity contribution is 8.03. The number of thioether (sulfide) groups is 1. The number of amides is 1. The minimum absolute atomic E-state index is 0.302. The van der Waals surface area contributed by atoms with Gasteiger partial charge in [-0.15, -0.1) is 36.3 Å². The van der Waals surface area contributed by atoms with E-state index in [1.807, 2.05) is 18.7 Å². The van der Waals surface area contributed by atoms with Crippen LogP contribution in [0.5, 0.6) is 0 Å². The van der Waals surface area contributed by atoms with Gasteiger partial charge in [0.2, 0.25) is 5.91 Å². The second kappa shape index (κ2) is 17.1. The number of nitrogens with two attached hydrogens (primary N) is 1. The Labute approximate surface area is 227 Å². The molecule has 1 aromatic heterocycles. The number of aliphatic imine (C=N–C) groups is 1. The summed E-state index contributed by atoms with van der Waals surface area (Å²) < 4.78 is 0. The molecule has 0 aromatic carbocycles. The van der Waals surface area contributed by atoms with Crippen molar-refractivity contribution < 1.29 is 4.79 Å². The van der Waals surface area contributed by atoms with Gasteiger partial charge in [0.05, 0.1) is 17.1 Å². The quantitative estimate of drug-likeness (QED) is 0.310. The summed E-state index contributed by atoms with van der Waals surface area (Å²) in [7, 11) is 0. The molecule has 1 aliphatic carbocycles. The van der Waals surface area contributed by atoms with Gasteiger partial charge < -0.3 is 10.6 Å². The van der Waals surface area contributed by atoms with E-state index in [-0.39, 0.29) is 5.91 Å². The maximum Gasteiger partial charge on any atom is 0.222 e. The summed E-state index contributed by atoms with van der Waals surface area (Å²) in [5, 5.41) is 0.969. The Morgan fingerprint density at radius 3 is 2.47 bits per heavy atom. The molecule has 202 valence electrons. The van der Waals surface area contributed by atoms with E-state index in [0.29, 0.717) is 6.42 Å². The van der Waals surface area contributed by atoms with Crippen molar-refractivity contribution in [3.05, 3.63) is 39.8 Å². The van der Waals surface area contributed by atoms with Crippen LogP contribution in [0.1, 0.15) is 74.6 Å². The number of rotatable bonds is 9. The van der Waals surface area contributed by atoms with Crippen LogP contribution in [0.2, 0.25) is 0 Å². The normalized spacial score (nSPS) is 21.3. The van der Waals surface area contributed by atoms with E-state index < -0.39 is 0 Å².